The van der Waals surface area contributed by atoms with Gasteiger partial charge in [-0.1, -0.05) is 77.8 Å². The molecule has 0 radical (unpaired) electrons. The lowest BCUT2D eigenvalue weighted by atomic mass is 9.49. The first-order valence-electron chi connectivity index (χ1n) is 16.5. The van der Waals surface area contributed by atoms with E-state index in [0.717, 1.165) is 5.57 Å². The third-order valence-corrected chi connectivity index (χ3v) is 11.2. The second kappa shape index (κ2) is 11.9. The van der Waals surface area contributed by atoms with Crippen molar-refractivity contribution in [2.45, 2.75) is 24.2 Å². The zero-order chi connectivity index (χ0) is 34.9. The Balaban J connectivity index is 1.41. The highest BCUT2D eigenvalue weighted by molar-refractivity contribution is 6.32. The normalized spacial score (nSPS) is 27.1. The van der Waals surface area contributed by atoms with Crippen LogP contribution >= 0.6 is 11.6 Å². The maximum atomic E-state index is 15.5. The first kappa shape index (κ1) is 31.8. The van der Waals surface area contributed by atoms with Gasteiger partial charge in [0.05, 0.1) is 48.8 Å². The highest BCUT2D eigenvalue weighted by Crippen LogP contribution is 2.66. The predicted molar refractivity (Wildman–Crippen MR) is 186 cm³/mol. The number of anilines is 2. The number of fused-ring (bicyclic) bond motifs is 4. The van der Waals surface area contributed by atoms with E-state index >= 15 is 4.79 Å². The molecule has 4 amide bonds. The predicted octanol–water partition coefficient (Wildman–Crippen LogP) is 6.43. The summed E-state index contributed by atoms with van der Waals surface area (Å²) in [6.45, 7) is 0. The van der Waals surface area contributed by atoms with E-state index in [1.807, 2.05) is 42.5 Å². The van der Waals surface area contributed by atoms with Gasteiger partial charge in [-0.15, -0.1) is 0 Å². The summed E-state index contributed by atoms with van der Waals surface area (Å²) >= 11 is 6.41. The Bertz CT molecular complexity index is 2080. The van der Waals surface area contributed by atoms with Gasteiger partial charge >= 0.3 is 0 Å². The van der Waals surface area contributed by atoms with Gasteiger partial charge in [-0.2, -0.15) is 0 Å². The minimum Gasteiger partial charge on any atom is -0.508 e. The molecule has 2 heterocycles. The van der Waals surface area contributed by atoms with Crippen molar-refractivity contribution in [3.8, 4) is 17.2 Å². The largest absolute Gasteiger partial charge is 0.508 e. The van der Waals surface area contributed by atoms with Crippen molar-refractivity contribution in [2.75, 3.05) is 24.0 Å². The molecule has 9 nitrogen and oxygen atoms in total. The molecule has 6 atom stereocenters. The van der Waals surface area contributed by atoms with Crippen LogP contribution in [-0.2, 0) is 24.6 Å². The Morgan fingerprint density at radius 1 is 0.740 bits per heavy atom. The van der Waals surface area contributed by atoms with Crippen LogP contribution < -0.4 is 19.3 Å². The summed E-state index contributed by atoms with van der Waals surface area (Å²) in [6, 6.07) is 27.6. The van der Waals surface area contributed by atoms with Gasteiger partial charge in [0.25, 0.3) is 0 Å². The van der Waals surface area contributed by atoms with Gasteiger partial charge in [0.15, 0.2) is 0 Å². The number of imide groups is 2. The van der Waals surface area contributed by atoms with Crippen molar-refractivity contribution >= 4 is 46.6 Å². The molecule has 50 heavy (non-hydrogen) atoms. The summed E-state index contributed by atoms with van der Waals surface area (Å²) in [6.07, 6.45) is 2.38. The van der Waals surface area contributed by atoms with E-state index in [1.165, 1.54) is 36.2 Å². The van der Waals surface area contributed by atoms with Crippen molar-refractivity contribution < 1.29 is 33.8 Å². The van der Waals surface area contributed by atoms with E-state index < -0.39 is 46.8 Å². The van der Waals surface area contributed by atoms with Crippen molar-refractivity contribution in [1.82, 2.24) is 0 Å². The lowest BCUT2D eigenvalue weighted by Crippen LogP contribution is -2.53. The van der Waals surface area contributed by atoms with Gasteiger partial charge in [-0.05, 0) is 54.7 Å². The summed E-state index contributed by atoms with van der Waals surface area (Å²) in [7, 11) is 2.93. The average molecular weight is 689 g/mol. The Hall–Kier alpha value is -5.41. The van der Waals surface area contributed by atoms with Gasteiger partial charge in [-0.3, -0.25) is 24.1 Å². The molecule has 1 saturated carbocycles. The number of benzene rings is 4. The number of methoxy groups -OCH3 is 2. The fourth-order valence-corrected chi connectivity index (χ4v) is 9.28. The number of rotatable bonds is 6. The lowest BCUT2D eigenvalue weighted by molar-refractivity contribution is -0.127. The summed E-state index contributed by atoms with van der Waals surface area (Å²) in [5.74, 6) is -4.94. The number of allylic oxidation sites excluding steroid dienone is 2. The molecule has 0 bridgehead atoms. The average Bonchev–Trinajstić information content (AvgIpc) is 3.52. The molecule has 1 N–H and O–H groups in total. The quantitative estimate of drug-likeness (QED) is 0.184. The molecule has 3 fully saturated rings. The number of para-hydroxylation sites is 1. The van der Waals surface area contributed by atoms with Gasteiger partial charge in [-0.25, -0.2) is 4.90 Å². The molecule has 2 aliphatic carbocycles. The number of hydrogen-bond acceptors (Lipinski definition) is 7. The molecule has 4 aromatic rings. The molecular formula is C40H33ClN2O7. The van der Waals surface area contributed by atoms with E-state index in [0.29, 0.717) is 27.5 Å². The number of phenolic OH excluding ortho intramolecular Hbond substituents is 1. The second-order valence-corrected chi connectivity index (χ2v) is 13.6. The first-order valence-corrected chi connectivity index (χ1v) is 16.9. The molecule has 0 spiro atoms. The number of ether oxygens (including phenoxy) is 2. The third-order valence-electron chi connectivity index (χ3n) is 11.0. The van der Waals surface area contributed by atoms with Gasteiger partial charge in [0, 0.05) is 28.6 Å². The summed E-state index contributed by atoms with van der Waals surface area (Å²) in [5.41, 5.74) is 1.11. The van der Waals surface area contributed by atoms with Gasteiger partial charge in [0.1, 0.15) is 17.2 Å². The summed E-state index contributed by atoms with van der Waals surface area (Å²) in [5, 5.41) is 11.1. The molecule has 6 unspecified atom stereocenters. The van der Waals surface area contributed by atoms with Crippen LogP contribution in [0.4, 0.5) is 11.4 Å². The highest BCUT2D eigenvalue weighted by atomic mass is 35.5. The SMILES string of the molecule is COc1cc(O)cc(OC)c1C1C2=CCC3C(=O)N(c4ccccc4)C(=O)C3C2CC2C(=O)N(c3cccc(Cl)c3)C(=O)C21c1ccccc1. The van der Waals surface area contributed by atoms with E-state index in [1.54, 1.807) is 48.5 Å². The number of aromatic hydroxyl groups is 1. The van der Waals surface area contributed by atoms with Crippen molar-refractivity contribution in [3.63, 3.8) is 0 Å². The third kappa shape index (κ3) is 4.39. The minimum absolute atomic E-state index is 0.109. The van der Waals surface area contributed by atoms with Crippen molar-refractivity contribution in [1.29, 1.82) is 0 Å². The Labute approximate surface area is 293 Å². The Kier molecular flexibility index (Phi) is 7.56. The molecule has 0 aromatic heterocycles. The monoisotopic (exact) mass is 688 g/mol. The highest BCUT2D eigenvalue weighted by Gasteiger charge is 2.71. The number of hydrogen-bond donors (Lipinski definition) is 1. The summed E-state index contributed by atoms with van der Waals surface area (Å²) in [4.78, 5) is 61.3. The smallest absolute Gasteiger partial charge is 0.246 e. The Morgan fingerprint density at radius 3 is 2.02 bits per heavy atom. The fraction of sp³-hybridized carbons (Fsp3) is 0.250. The lowest BCUT2D eigenvalue weighted by Gasteiger charge is -2.51. The number of nitrogens with zero attached hydrogens (tertiary/aromatic N) is 2. The van der Waals surface area contributed by atoms with Crippen molar-refractivity contribution in [2.24, 2.45) is 23.7 Å². The van der Waals surface area contributed by atoms with Crippen LogP contribution in [0.2, 0.25) is 5.02 Å². The molecule has 8 rings (SSSR count). The minimum atomic E-state index is -1.53. The van der Waals surface area contributed by atoms with Crippen LogP contribution in [0.15, 0.2) is 109 Å². The zero-order valence-corrected chi connectivity index (χ0v) is 28.0. The standard InChI is InChI=1S/C40H33ClN2O7/c1-49-31-19-26(44)20-32(50-2)34(31)35-27-16-17-28-33(38(47)42(36(28)45)24-13-7-4-8-14-24)29(27)21-30-37(46)43(25-15-9-12-23(41)18-25)39(48)40(30,35)22-10-5-3-6-11-22/h3-16,18-20,28-30,33,35,44H,17,21H2,1-2H3. The summed E-state index contributed by atoms with van der Waals surface area (Å²) < 4.78 is 11.8. The maximum Gasteiger partial charge on any atom is 0.246 e. The van der Waals surface area contributed by atoms with E-state index in [2.05, 4.69) is 0 Å². The van der Waals surface area contributed by atoms with Crippen LogP contribution in [0.5, 0.6) is 17.2 Å². The van der Waals surface area contributed by atoms with E-state index in [4.69, 9.17) is 21.1 Å². The van der Waals surface area contributed by atoms with Crippen molar-refractivity contribution in [3.05, 3.63) is 125 Å². The van der Waals surface area contributed by atoms with Gasteiger partial charge in [0.2, 0.25) is 23.6 Å². The van der Waals surface area contributed by atoms with Crippen LogP contribution in [-0.4, -0.2) is 43.0 Å². The molecular weight excluding hydrogens is 656 g/mol. The molecule has 10 heteroatoms. The number of carbonyl (C=O) groups is 4. The van der Waals surface area contributed by atoms with Crippen LogP contribution in [0, 0.1) is 23.7 Å². The fourth-order valence-electron chi connectivity index (χ4n) is 9.10. The molecule has 2 saturated heterocycles. The molecule has 4 aliphatic rings. The van der Waals surface area contributed by atoms with Crippen LogP contribution in [0.25, 0.3) is 0 Å². The first-order chi connectivity index (χ1) is 24.2. The molecule has 252 valence electrons. The number of amides is 4. The Morgan fingerprint density at radius 2 is 1.38 bits per heavy atom. The maximum absolute atomic E-state index is 15.5. The zero-order valence-electron chi connectivity index (χ0n) is 27.3. The number of carbonyl (C=O) groups excluding carboxylic acids is 4. The number of phenols is 1. The topological polar surface area (TPSA) is 113 Å². The number of halogens is 1. The second-order valence-electron chi connectivity index (χ2n) is 13.2. The van der Waals surface area contributed by atoms with E-state index in [-0.39, 0.29) is 41.9 Å². The van der Waals surface area contributed by atoms with Gasteiger partial charge < -0.3 is 14.6 Å². The molecule has 4 aromatic carbocycles. The van der Waals surface area contributed by atoms with E-state index in [9.17, 15) is 19.5 Å². The molecule has 2 aliphatic heterocycles. The van der Waals surface area contributed by atoms with Crippen LogP contribution in [0.3, 0.4) is 0 Å². The van der Waals surface area contributed by atoms with Crippen LogP contribution in [0.1, 0.15) is 29.9 Å².